The van der Waals surface area contributed by atoms with Gasteiger partial charge in [0.05, 0.1) is 55.4 Å². The molecule has 20 heteroatoms. The van der Waals surface area contributed by atoms with Crippen LogP contribution in [-0.2, 0) is 52.1 Å². The number of phenolic OH excluding ortho intramolecular Hbond substituents is 2. The van der Waals surface area contributed by atoms with Gasteiger partial charge in [-0.15, -0.1) is 0 Å². The first-order chi connectivity index (χ1) is 48.8. The number of phenols is 2. The van der Waals surface area contributed by atoms with Crippen molar-refractivity contribution in [3.63, 3.8) is 0 Å². The number of nitrogens with one attached hydrogen (secondary N) is 2. The number of pyridine rings is 4. The maximum Gasteiger partial charge on any atom is 0.269 e. The van der Waals surface area contributed by atoms with Crippen LogP contribution < -0.4 is 29.8 Å². The van der Waals surface area contributed by atoms with Crippen molar-refractivity contribution in [1.82, 2.24) is 19.9 Å². The predicted molar refractivity (Wildman–Crippen MR) is 383 cm³/mol. The molecule has 0 saturated carbocycles. The second kappa shape index (κ2) is 30.3. The summed E-state index contributed by atoms with van der Waals surface area (Å²) in [6, 6.07) is 66.6. The number of ether oxygens (including phenoxy) is 4. The van der Waals surface area contributed by atoms with Crippen LogP contribution in [-0.4, -0.2) is 51.4 Å². The maximum absolute atomic E-state index is 12.1. The number of non-ortho nitro benzene ring substituents is 2. The van der Waals surface area contributed by atoms with Gasteiger partial charge in [-0.25, -0.2) is 0 Å². The number of aromatic nitrogens is 4. The Labute approximate surface area is 575 Å². The molecule has 0 amide bonds. The van der Waals surface area contributed by atoms with E-state index in [0.717, 1.165) is 89.3 Å². The molecule has 4 heterocycles. The summed E-state index contributed by atoms with van der Waals surface area (Å²) in [7, 11) is 0. The number of anilines is 2. The van der Waals surface area contributed by atoms with E-state index in [4.69, 9.17) is 38.9 Å². The molecule has 8 aromatic carbocycles. The van der Waals surface area contributed by atoms with Crippen LogP contribution >= 0.6 is 0 Å². The van der Waals surface area contributed by atoms with Gasteiger partial charge in [0.15, 0.2) is 0 Å². The molecule has 8 bridgehead atoms. The third kappa shape index (κ3) is 16.1. The molecule has 0 saturated heterocycles. The lowest BCUT2D eigenvalue weighted by Gasteiger charge is -2.20. The first-order valence-electron chi connectivity index (χ1n) is 32.2. The average Bonchev–Trinajstić information content (AvgIpc) is 0.796. The molecule has 0 atom stereocenters. The lowest BCUT2D eigenvalue weighted by molar-refractivity contribution is -0.385. The Kier molecular flexibility index (Phi) is 19.9. The minimum Gasteiger partial charge on any atom is -0.507 e. The fraction of sp³-hybridized carbons (Fsp3) is 0.125. The Bertz CT molecular complexity index is 4560. The number of hydrogen-bond acceptors (Lipinski definition) is 18. The first kappa shape index (κ1) is 65.6. The molecule has 1 aliphatic carbocycles. The minimum atomic E-state index is -0.442. The van der Waals surface area contributed by atoms with Crippen LogP contribution in [0.1, 0.15) is 91.7 Å². The number of nitro benzene ring substituents is 2. The monoisotopic (exact) mass is 1330 g/mol. The van der Waals surface area contributed by atoms with E-state index >= 15 is 0 Å². The molecule has 12 aromatic rings. The lowest BCUT2D eigenvalue weighted by atomic mass is 9.91. The van der Waals surface area contributed by atoms with E-state index in [1.54, 1.807) is 49.1 Å². The highest BCUT2D eigenvalue weighted by Gasteiger charge is 2.22. The fourth-order valence-corrected chi connectivity index (χ4v) is 11.5. The minimum absolute atomic E-state index is 0.0111. The second-order valence-corrected chi connectivity index (χ2v) is 24.0. The van der Waals surface area contributed by atoms with Crippen molar-refractivity contribution in [3.8, 4) is 57.3 Å². The maximum atomic E-state index is 12.1. The van der Waals surface area contributed by atoms with Crippen LogP contribution in [0.15, 0.2) is 253 Å². The quantitative estimate of drug-likeness (QED) is 0.0279. The Hall–Kier alpha value is -13.1. The number of benzene rings is 8. The number of para-hydroxylation sites is 4. The summed E-state index contributed by atoms with van der Waals surface area (Å²) in [5.41, 5.74) is 23.1. The van der Waals surface area contributed by atoms with Crippen molar-refractivity contribution in [1.29, 1.82) is 0 Å². The topological polar surface area (TPSA) is 264 Å². The van der Waals surface area contributed by atoms with Crippen LogP contribution in [0.2, 0.25) is 0 Å². The number of rotatable bonds is 22. The van der Waals surface area contributed by atoms with E-state index in [-0.39, 0.29) is 36.1 Å². The van der Waals surface area contributed by atoms with E-state index in [9.17, 15) is 30.4 Å². The summed E-state index contributed by atoms with van der Waals surface area (Å²) in [6.45, 7) is 4.76. The Morgan fingerprint density at radius 3 is 0.930 bits per heavy atom. The summed E-state index contributed by atoms with van der Waals surface area (Å²) in [5, 5.41) is 55.1. The number of hydrazone groups is 2. The highest BCUT2D eigenvalue weighted by atomic mass is 16.6. The SMILES string of the molecule is C/C(=N\Nc1ccc([N+](=O)[O-])cc1)c1ccc(OCc2ccc(-c3ccc(COc4c5cccc4Cc4cccc(c4O)Cc4cccc(c4OCc4ccc(-c6ccc(COc7ccc(/C(C)=N/Nc8ccc([N+](=O)[O-])cc8)cc7)cn6)nc4)Cc4cccc(c4O)C5)cn3)nc2)cc1. The zero-order valence-corrected chi connectivity index (χ0v) is 54.5. The molecule has 1 aliphatic rings. The number of nitro groups is 2. The van der Waals surface area contributed by atoms with Gasteiger partial charge in [-0.2, -0.15) is 10.2 Å². The molecule has 0 fully saturated rings. The van der Waals surface area contributed by atoms with Gasteiger partial charge in [0.25, 0.3) is 11.4 Å². The zero-order valence-electron chi connectivity index (χ0n) is 54.5. The van der Waals surface area contributed by atoms with Gasteiger partial charge in [0.2, 0.25) is 0 Å². The summed E-state index contributed by atoms with van der Waals surface area (Å²) in [4.78, 5) is 40.1. The number of hydrogen-bond donors (Lipinski definition) is 4. The molecule has 4 N–H and O–H groups in total. The molecule has 0 aliphatic heterocycles. The van der Waals surface area contributed by atoms with Crippen LogP contribution in [0.3, 0.4) is 0 Å². The van der Waals surface area contributed by atoms with Crippen LogP contribution in [0.25, 0.3) is 22.8 Å². The molecule has 20 nitrogen and oxygen atoms in total. The molecule has 4 aromatic heterocycles. The smallest absolute Gasteiger partial charge is 0.269 e. The Balaban J connectivity index is 0.636. The molecule has 0 radical (unpaired) electrons. The lowest BCUT2D eigenvalue weighted by Crippen LogP contribution is -2.06. The van der Waals surface area contributed by atoms with Gasteiger partial charge in [0.1, 0.15) is 60.9 Å². The van der Waals surface area contributed by atoms with Crippen molar-refractivity contribution in [3.05, 3.63) is 341 Å². The van der Waals surface area contributed by atoms with Crippen molar-refractivity contribution in [2.24, 2.45) is 10.2 Å². The van der Waals surface area contributed by atoms with Gasteiger partial charge < -0.3 is 29.2 Å². The standard InChI is InChI=1S/C80H66N10O10/c1-51(85-87-67-23-27-69(28-24-67)89(93)94)57-19-31-71(32-20-57)97-47-53-15-35-73(81-43-53)75-37-17-55(45-83-75)49-99-79-63-11-5-12-64(79)40-60-8-4-10-62(78(60)92)42-66-14-6-13-65(41-61-9-3-7-59(39-63)77(61)91)80(66)100-50-56-18-38-76(84-46-56)74-36-16-54(44-82-74)48-98-72-33-21-58(22-34-72)52(2)86-88-68-25-29-70(30-26-68)90(95)96/h3-38,43-46,87-88,91-92H,39-42,47-50H2,1-2H3/b85-51+,86-52+. The average molecular weight is 1330 g/mol. The molecular weight excluding hydrogens is 1260 g/mol. The highest BCUT2D eigenvalue weighted by molar-refractivity contribution is 5.99. The summed E-state index contributed by atoms with van der Waals surface area (Å²) in [5.74, 6) is 3.08. The van der Waals surface area contributed by atoms with Gasteiger partial charge in [-0.3, -0.25) is 51.0 Å². The van der Waals surface area contributed by atoms with E-state index < -0.39 is 9.85 Å². The molecule has 496 valence electrons. The van der Waals surface area contributed by atoms with Gasteiger partial charge in [-0.05, 0) is 167 Å². The first-order valence-corrected chi connectivity index (χ1v) is 32.2. The van der Waals surface area contributed by atoms with E-state index in [1.807, 2.05) is 184 Å². The summed E-state index contributed by atoms with van der Waals surface area (Å²) in [6.07, 6.45) is 8.61. The molecule has 0 unspecified atom stereocenters. The van der Waals surface area contributed by atoms with E-state index in [0.29, 0.717) is 96.0 Å². The normalized spacial score (nSPS) is 12.1. The molecule has 13 rings (SSSR count). The van der Waals surface area contributed by atoms with Crippen molar-refractivity contribution in [2.75, 3.05) is 10.9 Å². The van der Waals surface area contributed by atoms with Crippen LogP contribution in [0.4, 0.5) is 22.7 Å². The number of aromatic hydroxyl groups is 2. The van der Waals surface area contributed by atoms with E-state index in [2.05, 4.69) is 21.1 Å². The van der Waals surface area contributed by atoms with Gasteiger partial charge in [0, 0.05) is 97.0 Å². The fourth-order valence-electron chi connectivity index (χ4n) is 11.5. The third-order valence-corrected chi connectivity index (χ3v) is 17.1. The third-order valence-electron chi connectivity index (χ3n) is 17.1. The Morgan fingerprint density at radius 1 is 0.380 bits per heavy atom. The van der Waals surface area contributed by atoms with Crippen molar-refractivity contribution in [2.45, 2.75) is 66.0 Å². The molecule has 100 heavy (non-hydrogen) atoms. The van der Waals surface area contributed by atoms with E-state index in [1.165, 1.54) is 24.3 Å². The highest BCUT2D eigenvalue weighted by Crippen LogP contribution is 2.39. The van der Waals surface area contributed by atoms with Gasteiger partial charge in [-0.1, -0.05) is 97.1 Å². The number of nitrogens with zero attached hydrogens (tertiary/aromatic N) is 8. The largest absolute Gasteiger partial charge is 0.507 e. The summed E-state index contributed by atoms with van der Waals surface area (Å²) < 4.78 is 25.8. The predicted octanol–water partition coefficient (Wildman–Crippen LogP) is 16.5. The Morgan fingerprint density at radius 2 is 0.660 bits per heavy atom. The van der Waals surface area contributed by atoms with Crippen molar-refractivity contribution < 1.29 is 39.0 Å². The number of fused-ring (bicyclic) bond motifs is 8. The van der Waals surface area contributed by atoms with Crippen LogP contribution in [0.5, 0.6) is 34.5 Å². The molecule has 0 spiro atoms. The van der Waals surface area contributed by atoms with Gasteiger partial charge >= 0.3 is 0 Å². The zero-order chi connectivity index (χ0) is 68.9. The van der Waals surface area contributed by atoms with Crippen LogP contribution in [0, 0.1) is 20.2 Å². The second-order valence-electron chi connectivity index (χ2n) is 24.0. The molecular formula is C80H66N10O10. The summed E-state index contributed by atoms with van der Waals surface area (Å²) >= 11 is 0. The van der Waals surface area contributed by atoms with Crippen molar-refractivity contribution >= 4 is 34.2 Å².